The first-order valence-electron chi connectivity index (χ1n) is 4.68. The summed E-state index contributed by atoms with van der Waals surface area (Å²) < 4.78 is 25.7. The Morgan fingerprint density at radius 2 is 2.06 bits per heavy atom. The molecule has 0 aliphatic heterocycles. The molecule has 1 heterocycles. The van der Waals surface area contributed by atoms with E-state index < -0.39 is 31.8 Å². The van der Waals surface area contributed by atoms with Crippen LogP contribution >= 0.6 is 0 Å². The van der Waals surface area contributed by atoms with Crippen molar-refractivity contribution in [3.63, 3.8) is 0 Å². The first kappa shape index (κ1) is 13.4. The topological polar surface area (TPSA) is 122 Å². The van der Waals surface area contributed by atoms with Gasteiger partial charge < -0.3 is 10.7 Å². The number of sulfonamides is 1. The maximum absolute atomic E-state index is 11.8. The molecule has 7 nitrogen and oxygen atoms in total. The quantitative estimate of drug-likeness (QED) is 0.636. The Morgan fingerprint density at radius 1 is 1.47 bits per heavy atom. The normalized spacial score (nSPS) is 12.4. The van der Waals surface area contributed by atoms with Gasteiger partial charge in [-0.15, -0.1) is 0 Å². The summed E-state index contributed by atoms with van der Waals surface area (Å²) in [5.74, 6) is -0.839. The van der Waals surface area contributed by atoms with E-state index in [1.807, 2.05) is 0 Å². The number of H-pyrrole nitrogens is 1. The lowest BCUT2D eigenvalue weighted by Crippen LogP contribution is -2.53. The Hall–Kier alpha value is -1.67. The smallest absolute Gasteiger partial charge is 0.246 e. The van der Waals surface area contributed by atoms with Crippen molar-refractivity contribution < 1.29 is 13.2 Å². The molecular weight excluding hydrogens is 246 g/mol. The molecule has 94 valence electrons. The molecule has 0 fully saturated rings. The highest BCUT2D eigenvalue weighted by molar-refractivity contribution is 7.89. The van der Waals surface area contributed by atoms with Crippen LogP contribution in [0.15, 0.2) is 28.2 Å². The Labute approximate surface area is 98.1 Å². The Balaban J connectivity index is 3.20. The highest BCUT2D eigenvalue weighted by atomic mass is 32.2. The summed E-state index contributed by atoms with van der Waals surface area (Å²) in [5.41, 5.74) is 2.90. The van der Waals surface area contributed by atoms with Crippen LogP contribution in [0.1, 0.15) is 13.8 Å². The fourth-order valence-electron chi connectivity index (χ4n) is 1.05. The van der Waals surface area contributed by atoms with E-state index in [0.29, 0.717) is 0 Å². The molecule has 17 heavy (non-hydrogen) atoms. The summed E-state index contributed by atoms with van der Waals surface area (Å²) in [5, 5.41) is 0. The minimum Gasteiger partial charge on any atom is -0.368 e. The minimum atomic E-state index is -4.09. The number of amides is 1. The van der Waals surface area contributed by atoms with Crippen LogP contribution in [-0.2, 0) is 14.8 Å². The van der Waals surface area contributed by atoms with Crippen LogP contribution in [0.4, 0.5) is 0 Å². The van der Waals surface area contributed by atoms with Gasteiger partial charge in [0.2, 0.25) is 21.4 Å². The third-order valence-corrected chi connectivity index (χ3v) is 3.76. The number of carbonyl (C=O) groups is 1. The van der Waals surface area contributed by atoms with Crippen molar-refractivity contribution in [1.29, 1.82) is 0 Å². The zero-order valence-electron chi connectivity index (χ0n) is 9.35. The van der Waals surface area contributed by atoms with Crippen LogP contribution in [-0.4, -0.2) is 24.8 Å². The fourth-order valence-corrected chi connectivity index (χ4v) is 2.49. The summed E-state index contributed by atoms with van der Waals surface area (Å²) in [4.78, 5) is 24.4. The molecule has 0 radical (unpaired) electrons. The van der Waals surface area contributed by atoms with Crippen LogP contribution in [0.3, 0.4) is 0 Å². The molecule has 0 aliphatic carbocycles. The SMILES string of the molecule is CC(C)(NS(=O)(=O)c1c[nH]ccc1=O)C(N)=O. The molecule has 1 rings (SSSR count). The van der Waals surface area contributed by atoms with Crippen LogP contribution in [0.5, 0.6) is 0 Å². The number of nitrogens with one attached hydrogen (secondary N) is 2. The number of primary amides is 1. The van der Waals surface area contributed by atoms with E-state index in [9.17, 15) is 18.0 Å². The van der Waals surface area contributed by atoms with Gasteiger partial charge in [0.25, 0.3) is 0 Å². The van der Waals surface area contributed by atoms with E-state index >= 15 is 0 Å². The Bertz CT molecular complexity index is 588. The molecule has 1 amide bonds. The molecule has 8 heteroatoms. The summed E-state index contributed by atoms with van der Waals surface area (Å²) in [6.07, 6.45) is 2.35. The summed E-state index contributed by atoms with van der Waals surface area (Å²) in [7, 11) is -4.09. The third kappa shape index (κ3) is 2.92. The first-order valence-corrected chi connectivity index (χ1v) is 6.16. The zero-order valence-corrected chi connectivity index (χ0v) is 10.2. The van der Waals surface area contributed by atoms with Crippen molar-refractivity contribution in [2.45, 2.75) is 24.3 Å². The van der Waals surface area contributed by atoms with E-state index in [2.05, 4.69) is 9.71 Å². The lowest BCUT2D eigenvalue weighted by Gasteiger charge is -2.21. The van der Waals surface area contributed by atoms with Crippen LogP contribution in [0, 0.1) is 0 Å². The minimum absolute atomic E-state index is 0.464. The second-order valence-corrected chi connectivity index (χ2v) is 5.62. The molecule has 0 saturated carbocycles. The van der Waals surface area contributed by atoms with E-state index in [1.165, 1.54) is 20.0 Å². The molecule has 4 N–H and O–H groups in total. The van der Waals surface area contributed by atoms with E-state index in [4.69, 9.17) is 5.73 Å². The number of hydrogen-bond acceptors (Lipinski definition) is 4. The predicted molar refractivity (Wildman–Crippen MR) is 60.7 cm³/mol. The maximum Gasteiger partial charge on any atom is 0.246 e. The average molecular weight is 259 g/mol. The van der Waals surface area contributed by atoms with Crippen LogP contribution < -0.4 is 15.9 Å². The van der Waals surface area contributed by atoms with Gasteiger partial charge in [0.1, 0.15) is 10.4 Å². The summed E-state index contributed by atoms with van der Waals surface area (Å²) in [6.45, 7) is 2.62. The van der Waals surface area contributed by atoms with Crippen molar-refractivity contribution >= 4 is 15.9 Å². The second kappa shape index (κ2) is 4.30. The van der Waals surface area contributed by atoms with Gasteiger partial charge in [-0.05, 0) is 13.8 Å². The van der Waals surface area contributed by atoms with Gasteiger partial charge >= 0.3 is 0 Å². The van der Waals surface area contributed by atoms with Crippen molar-refractivity contribution in [3.8, 4) is 0 Å². The molecule has 0 aliphatic rings. The molecule has 1 aromatic heterocycles. The molecule has 0 spiro atoms. The Kier molecular flexibility index (Phi) is 3.39. The summed E-state index contributed by atoms with van der Waals surface area (Å²) >= 11 is 0. The highest BCUT2D eigenvalue weighted by Crippen LogP contribution is 2.08. The first-order chi connectivity index (χ1) is 7.67. The van der Waals surface area contributed by atoms with Gasteiger partial charge in [0, 0.05) is 18.5 Å². The number of pyridine rings is 1. The summed E-state index contributed by atoms with van der Waals surface area (Å²) in [6, 6.07) is 1.08. The van der Waals surface area contributed by atoms with Gasteiger partial charge in [-0.25, -0.2) is 8.42 Å². The van der Waals surface area contributed by atoms with Crippen LogP contribution in [0.25, 0.3) is 0 Å². The molecule has 0 aromatic carbocycles. The number of aromatic nitrogens is 1. The Morgan fingerprint density at radius 3 is 2.53 bits per heavy atom. The maximum atomic E-state index is 11.8. The van der Waals surface area contributed by atoms with Crippen molar-refractivity contribution in [2.75, 3.05) is 0 Å². The standard InChI is InChI=1S/C9H13N3O4S/c1-9(2,8(10)14)12-17(15,16)7-5-11-4-3-6(7)13/h3-5,12H,1-2H3,(H2,10,14)(H,11,13). The van der Waals surface area contributed by atoms with Crippen molar-refractivity contribution in [1.82, 2.24) is 9.71 Å². The molecule has 0 bridgehead atoms. The number of rotatable bonds is 4. The number of hydrogen-bond donors (Lipinski definition) is 3. The van der Waals surface area contributed by atoms with Gasteiger partial charge in [-0.2, -0.15) is 4.72 Å². The molecule has 0 unspecified atom stereocenters. The number of aromatic amines is 1. The highest BCUT2D eigenvalue weighted by Gasteiger charge is 2.32. The van der Waals surface area contributed by atoms with Gasteiger partial charge in [0.15, 0.2) is 0 Å². The van der Waals surface area contributed by atoms with Crippen molar-refractivity contribution in [2.24, 2.45) is 5.73 Å². The predicted octanol–water partition coefficient (Wildman–Crippen LogP) is -1.08. The average Bonchev–Trinajstić information content (AvgIpc) is 2.16. The third-order valence-electron chi connectivity index (χ3n) is 2.08. The number of nitrogens with two attached hydrogens (primary N) is 1. The van der Waals surface area contributed by atoms with E-state index in [1.54, 1.807) is 0 Å². The zero-order chi connectivity index (χ0) is 13.3. The second-order valence-electron chi connectivity index (χ2n) is 3.97. The van der Waals surface area contributed by atoms with Crippen molar-refractivity contribution in [3.05, 3.63) is 28.7 Å². The largest absolute Gasteiger partial charge is 0.368 e. The molecule has 1 aromatic rings. The van der Waals surface area contributed by atoms with Gasteiger partial charge in [-0.1, -0.05) is 0 Å². The molecule has 0 atom stereocenters. The molecular formula is C9H13N3O4S. The van der Waals surface area contributed by atoms with E-state index in [0.717, 1.165) is 12.3 Å². The van der Waals surface area contributed by atoms with E-state index in [-0.39, 0.29) is 0 Å². The van der Waals surface area contributed by atoms with Crippen LogP contribution in [0.2, 0.25) is 0 Å². The fraction of sp³-hybridized carbons (Fsp3) is 0.333. The number of carbonyl (C=O) groups excluding carboxylic acids is 1. The van der Waals surface area contributed by atoms with Gasteiger partial charge in [-0.3, -0.25) is 9.59 Å². The lowest BCUT2D eigenvalue weighted by molar-refractivity contribution is -0.122. The monoisotopic (exact) mass is 259 g/mol. The molecule has 0 saturated heterocycles. The lowest BCUT2D eigenvalue weighted by atomic mass is 10.1. The van der Waals surface area contributed by atoms with Gasteiger partial charge in [0.05, 0.1) is 0 Å².